The van der Waals surface area contributed by atoms with Crippen LogP contribution in [0.15, 0.2) is 70.3 Å². The highest BCUT2D eigenvalue weighted by Gasteiger charge is 2.26. The van der Waals surface area contributed by atoms with Crippen molar-refractivity contribution >= 4 is 23.6 Å². The second-order valence-corrected chi connectivity index (χ2v) is 9.85. The zero-order chi connectivity index (χ0) is 24.0. The number of hydrogen-bond acceptors (Lipinski definition) is 6. The molecule has 3 heterocycles. The van der Waals surface area contributed by atoms with Crippen LogP contribution in [0.3, 0.4) is 0 Å². The molecule has 0 unspecified atom stereocenters. The van der Waals surface area contributed by atoms with E-state index in [9.17, 15) is 9.59 Å². The van der Waals surface area contributed by atoms with Crippen molar-refractivity contribution in [2.24, 2.45) is 0 Å². The van der Waals surface area contributed by atoms with E-state index >= 15 is 0 Å². The third-order valence-electron chi connectivity index (χ3n) is 6.55. The van der Waals surface area contributed by atoms with Gasteiger partial charge in [-0.1, -0.05) is 72.4 Å². The first-order valence-electron chi connectivity index (χ1n) is 12.2. The molecule has 2 amide bonds. The molecule has 0 aliphatic carbocycles. The van der Waals surface area contributed by atoms with Crippen LogP contribution in [0.2, 0.25) is 0 Å². The average molecular weight is 491 g/mol. The van der Waals surface area contributed by atoms with E-state index in [0.717, 1.165) is 55.8 Å². The lowest BCUT2D eigenvalue weighted by molar-refractivity contribution is -0.133. The van der Waals surface area contributed by atoms with Crippen molar-refractivity contribution in [1.29, 1.82) is 0 Å². The molecule has 2 aromatic carbocycles. The molecule has 8 heteroatoms. The van der Waals surface area contributed by atoms with E-state index < -0.39 is 0 Å². The summed E-state index contributed by atoms with van der Waals surface area (Å²) in [6.45, 7) is 4.96. The normalized spacial score (nSPS) is 16.6. The maximum atomic E-state index is 12.9. The van der Waals surface area contributed by atoms with Crippen LogP contribution in [0.5, 0.6) is 0 Å². The van der Waals surface area contributed by atoms with Crippen LogP contribution in [0.1, 0.15) is 12.8 Å². The Bertz CT molecular complexity index is 1080. The van der Waals surface area contributed by atoms with Gasteiger partial charge >= 0.3 is 0 Å². The van der Waals surface area contributed by atoms with Crippen LogP contribution in [-0.4, -0.2) is 83.1 Å². The Kier molecular flexibility index (Phi) is 7.49. The number of amides is 2. The molecule has 0 saturated carbocycles. The zero-order valence-electron chi connectivity index (χ0n) is 19.8. The highest BCUT2D eigenvalue weighted by Crippen LogP contribution is 2.35. The second kappa shape index (κ2) is 11.1. The topological polar surface area (TPSA) is 69.9 Å². The zero-order valence-corrected chi connectivity index (χ0v) is 20.6. The largest absolute Gasteiger partial charge is 0.431 e. The molecule has 182 valence electrons. The number of aromatic nitrogens is 1. The minimum atomic E-state index is 0.0706. The smallest absolute Gasteiger partial charge is 0.257 e. The Balaban J connectivity index is 1.18. The van der Waals surface area contributed by atoms with E-state index in [1.54, 1.807) is 0 Å². The molecule has 0 bridgehead atoms. The molecule has 35 heavy (non-hydrogen) atoms. The predicted molar refractivity (Wildman–Crippen MR) is 137 cm³/mol. The van der Waals surface area contributed by atoms with E-state index in [2.05, 4.69) is 4.90 Å². The minimum Gasteiger partial charge on any atom is -0.431 e. The molecular weight excluding hydrogens is 460 g/mol. The lowest BCUT2D eigenvalue weighted by Gasteiger charge is -2.34. The number of benzene rings is 2. The van der Waals surface area contributed by atoms with Crippen molar-refractivity contribution in [3.8, 4) is 22.6 Å². The number of nitrogens with zero attached hydrogens (tertiary/aromatic N) is 4. The summed E-state index contributed by atoms with van der Waals surface area (Å²) in [6.07, 6.45) is 2.21. The fourth-order valence-corrected chi connectivity index (χ4v) is 5.29. The Morgan fingerprint density at radius 2 is 1.37 bits per heavy atom. The first kappa shape index (κ1) is 23.6. The lowest BCUT2D eigenvalue weighted by Crippen LogP contribution is -2.51. The summed E-state index contributed by atoms with van der Waals surface area (Å²) >= 11 is 1.33. The fourth-order valence-electron chi connectivity index (χ4n) is 4.57. The van der Waals surface area contributed by atoms with Gasteiger partial charge in [-0.3, -0.25) is 14.5 Å². The minimum absolute atomic E-state index is 0.0706. The van der Waals surface area contributed by atoms with Crippen LogP contribution < -0.4 is 0 Å². The number of piperazine rings is 1. The van der Waals surface area contributed by atoms with Gasteiger partial charge in [0, 0.05) is 50.4 Å². The maximum Gasteiger partial charge on any atom is 0.257 e. The molecule has 7 nitrogen and oxygen atoms in total. The Hall–Kier alpha value is -3.10. The van der Waals surface area contributed by atoms with Gasteiger partial charge in [-0.25, -0.2) is 4.98 Å². The van der Waals surface area contributed by atoms with Crippen molar-refractivity contribution in [2.75, 3.05) is 51.6 Å². The van der Waals surface area contributed by atoms with Gasteiger partial charge in [0.2, 0.25) is 11.8 Å². The third-order valence-corrected chi connectivity index (χ3v) is 7.37. The van der Waals surface area contributed by atoms with E-state index in [-0.39, 0.29) is 17.6 Å². The molecule has 1 aromatic heterocycles. The molecule has 0 N–H and O–H groups in total. The van der Waals surface area contributed by atoms with Gasteiger partial charge in [-0.05, 0) is 12.8 Å². The summed E-state index contributed by atoms with van der Waals surface area (Å²) in [5, 5.41) is 0.492. The summed E-state index contributed by atoms with van der Waals surface area (Å²) in [7, 11) is 0. The molecule has 2 saturated heterocycles. The molecule has 2 fully saturated rings. The van der Waals surface area contributed by atoms with E-state index in [0.29, 0.717) is 30.6 Å². The van der Waals surface area contributed by atoms with Crippen LogP contribution in [0.4, 0.5) is 0 Å². The average Bonchev–Trinajstić information content (AvgIpc) is 3.60. The number of oxazole rings is 1. The number of likely N-dealkylation sites (tertiary alicyclic amines) is 1. The van der Waals surface area contributed by atoms with Crippen molar-refractivity contribution in [2.45, 2.75) is 18.1 Å². The monoisotopic (exact) mass is 490 g/mol. The molecular formula is C27H30N4O3S. The number of carbonyl (C=O) groups excluding carboxylic acids is 2. The summed E-state index contributed by atoms with van der Waals surface area (Å²) in [6, 6.07) is 19.9. The Morgan fingerprint density at radius 1 is 0.771 bits per heavy atom. The third kappa shape index (κ3) is 5.77. The number of rotatable bonds is 7. The summed E-state index contributed by atoms with van der Waals surface area (Å²) in [5.74, 6) is 1.27. The molecule has 0 spiro atoms. The molecule has 3 aromatic rings. The first-order valence-corrected chi connectivity index (χ1v) is 13.2. The molecule has 2 aliphatic heterocycles. The van der Waals surface area contributed by atoms with Gasteiger partial charge in [0.05, 0.1) is 12.3 Å². The van der Waals surface area contributed by atoms with Gasteiger partial charge in [-0.15, -0.1) is 0 Å². The van der Waals surface area contributed by atoms with Gasteiger partial charge in [-0.2, -0.15) is 0 Å². The van der Waals surface area contributed by atoms with Crippen molar-refractivity contribution in [1.82, 2.24) is 19.7 Å². The highest BCUT2D eigenvalue weighted by molar-refractivity contribution is 7.99. The highest BCUT2D eigenvalue weighted by atomic mass is 32.2. The van der Waals surface area contributed by atoms with Crippen molar-refractivity contribution < 1.29 is 14.0 Å². The van der Waals surface area contributed by atoms with E-state index in [1.807, 2.05) is 70.5 Å². The van der Waals surface area contributed by atoms with Crippen molar-refractivity contribution in [3.63, 3.8) is 0 Å². The quantitative estimate of drug-likeness (QED) is 0.469. The molecule has 0 atom stereocenters. The number of carbonyl (C=O) groups is 2. The SMILES string of the molecule is O=C(CSc1nc(-c2ccccc2)c(-c2ccccc2)o1)N1CCN(CC(=O)N2CCCC2)CC1. The molecule has 0 radical (unpaired) electrons. The summed E-state index contributed by atoms with van der Waals surface area (Å²) in [5.41, 5.74) is 2.72. The van der Waals surface area contributed by atoms with Gasteiger partial charge in [0.25, 0.3) is 5.22 Å². The standard InChI is InChI=1S/C27H30N4O3S/c32-23(30-13-7-8-14-30)19-29-15-17-31(18-16-29)24(33)20-35-27-28-25(21-9-3-1-4-10-21)26(34-27)22-11-5-2-6-12-22/h1-6,9-12H,7-8,13-20H2. The molecule has 2 aliphatic rings. The number of hydrogen-bond donors (Lipinski definition) is 0. The predicted octanol–water partition coefficient (Wildman–Crippen LogP) is 3.87. The fraction of sp³-hybridized carbons (Fsp3) is 0.370. The van der Waals surface area contributed by atoms with E-state index in [4.69, 9.17) is 9.40 Å². The van der Waals surface area contributed by atoms with Crippen LogP contribution in [0.25, 0.3) is 22.6 Å². The van der Waals surface area contributed by atoms with Gasteiger partial charge < -0.3 is 14.2 Å². The van der Waals surface area contributed by atoms with Crippen LogP contribution >= 0.6 is 11.8 Å². The summed E-state index contributed by atoms with van der Waals surface area (Å²) in [4.78, 5) is 36.0. The Morgan fingerprint density at radius 3 is 2.03 bits per heavy atom. The van der Waals surface area contributed by atoms with Crippen molar-refractivity contribution in [3.05, 3.63) is 60.7 Å². The molecule has 5 rings (SSSR count). The van der Waals surface area contributed by atoms with Crippen LogP contribution in [-0.2, 0) is 9.59 Å². The maximum absolute atomic E-state index is 12.9. The van der Waals surface area contributed by atoms with Gasteiger partial charge in [0.1, 0.15) is 5.69 Å². The van der Waals surface area contributed by atoms with Crippen LogP contribution in [0, 0.1) is 0 Å². The first-order chi connectivity index (χ1) is 17.2. The summed E-state index contributed by atoms with van der Waals surface area (Å²) < 4.78 is 6.13. The second-order valence-electron chi connectivity index (χ2n) is 8.92. The van der Waals surface area contributed by atoms with Gasteiger partial charge in [0.15, 0.2) is 5.76 Å². The Labute approximate surface area is 210 Å². The van der Waals surface area contributed by atoms with E-state index in [1.165, 1.54) is 11.8 Å². The number of thioether (sulfide) groups is 1. The lowest BCUT2D eigenvalue weighted by atomic mass is 10.1.